The van der Waals surface area contributed by atoms with E-state index in [1.807, 2.05) is 19.9 Å². The molecule has 1 atom stereocenters. The van der Waals surface area contributed by atoms with Crippen molar-refractivity contribution >= 4 is 33.2 Å². The molecule has 0 spiro atoms. The zero-order valence-corrected chi connectivity index (χ0v) is 14.4. The Balaban J connectivity index is 2.12. The zero-order chi connectivity index (χ0) is 16.3. The molecule has 0 bridgehead atoms. The molecule has 5 nitrogen and oxygen atoms in total. The van der Waals surface area contributed by atoms with Crippen molar-refractivity contribution in [2.45, 2.75) is 39.2 Å². The number of nitrogens with one attached hydrogen (secondary N) is 1. The van der Waals surface area contributed by atoms with Crippen molar-refractivity contribution in [3.63, 3.8) is 0 Å². The average Bonchev–Trinajstić information content (AvgIpc) is 2.93. The Labute approximate surface area is 136 Å². The molecule has 1 fully saturated rings. The molecule has 1 amide bonds. The average molecular weight is 345 g/mol. The number of carbonyl (C=O) groups excluding carboxylic acids is 1. The van der Waals surface area contributed by atoms with Crippen molar-refractivity contribution in [1.29, 1.82) is 0 Å². The van der Waals surface area contributed by atoms with Gasteiger partial charge in [0, 0.05) is 17.3 Å². The highest BCUT2D eigenvalue weighted by Crippen LogP contribution is 2.25. The van der Waals surface area contributed by atoms with Crippen molar-refractivity contribution < 1.29 is 13.2 Å². The summed E-state index contributed by atoms with van der Waals surface area (Å²) in [5.74, 6) is -0.218. The predicted octanol–water partition coefficient (Wildman–Crippen LogP) is 2.79. The highest BCUT2D eigenvalue weighted by molar-refractivity contribution is 7.89. The maximum atomic E-state index is 12.4. The van der Waals surface area contributed by atoms with Gasteiger partial charge in [0.1, 0.15) is 6.04 Å². The highest BCUT2D eigenvalue weighted by Gasteiger charge is 2.38. The van der Waals surface area contributed by atoms with Gasteiger partial charge in [0.15, 0.2) is 0 Å². The molecule has 1 aromatic rings. The second-order valence-electron chi connectivity index (χ2n) is 5.54. The van der Waals surface area contributed by atoms with Gasteiger partial charge in [-0.05, 0) is 43.9 Å². The van der Waals surface area contributed by atoms with Crippen LogP contribution >= 0.6 is 11.6 Å². The molecule has 1 aliphatic rings. The van der Waals surface area contributed by atoms with Crippen LogP contribution in [0.15, 0.2) is 18.2 Å². The smallest absolute Gasteiger partial charge is 0.242 e. The fourth-order valence-corrected chi connectivity index (χ4v) is 4.53. The van der Waals surface area contributed by atoms with Gasteiger partial charge >= 0.3 is 0 Å². The van der Waals surface area contributed by atoms with Gasteiger partial charge in [0.05, 0.1) is 5.75 Å². The van der Waals surface area contributed by atoms with Crippen LogP contribution in [-0.2, 0) is 14.8 Å². The van der Waals surface area contributed by atoms with Gasteiger partial charge < -0.3 is 5.32 Å². The second-order valence-corrected chi connectivity index (χ2v) is 7.99. The van der Waals surface area contributed by atoms with Crippen molar-refractivity contribution in [3.05, 3.63) is 28.8 Å². The number of amides is 1. The van der Waals surface area contributed by atoms with Crippen LogP contribution in [0.2, 0.25) is 5.02 Å². The fraction of sp³-hybridized carbons (Fsp3) is 0.533. The fourth-order valence-electron chi connectivity index (χ4n) is 2.61. The molecule has 7 heteroatoms. The van der Waals surface area contributed by atoms with Crippen molar-refractivity contribution in [2.75, 3.05) is 17.6 Å². The highest BCUT2D eigenvalue weighted by atomic mass is 35.5. The lowest BCUT2D eigenvalue weighted by Gasteiger charge is -2.23. The SMILES string of the molecule is CCCS(=O)(=O)N1CCC[C@@H]1C(=O)Nc1ccc(C)c(Cl)c1. The Bertz CT molecular complexity index is 661. The van der Waals surface area contributed by atoms with Crippen LogP contribution in [0.4, 0.5) is 5.69 Å². The number of carbonyl (C=O) groups is 1. The molecular formula is C15H21ClN2O3S. The monoisotopic (exact) mass is 344 g/mol. The lowest BCUT2D eigenvalue weighted by molar-refractivity contribution is -0.119. The van der Waals surface area contributed by atoms with Gasteiger partial charge in [-0.3, -0.25) is 4.79 Å². The normalized spacial score (nSPS) is 19.3. The number of benzene rings is 1. The molecule has 22 heavy (non-hydrogen) atoms. The summed E-state index contributed by atoms with van der Waals surface area (Å²) in [7, 11) is -3.36. The first-order valence-corrected chi connectivity index (χ1v) is 9.40. The largest absolute Gasteiger partial charge is 0.325 e. The quantitative estimate of drug-likeness (QED) is 0.893. The number of nitrogens with zero attached hydrogens (tertiary/aromatic N) is 1. The number of halogens is 1. The first kappa shape index (κ1) is 17.2. The van der Waals surface area contributed by atoms with E-state index in [4.69, 9.17) is 11.6 Å². The Morgan fingerprint density at radius 1 is 1.45 bits per heavy atom. The van der Waals surface area contributed by atoms with E-state index in [1.165, 1.54) is 4.31 Å². The molecule has 0 aliphatic carbocycles. The van der Waals surface area contributed by atoms with Gasteiger partial charge in [-0.2, -0.15) is 4.31 Å². The summed E-state index contributed by atoms with van der Waals surface area (Å²) in [5, 5.41) is 3.34. The van der Waals surface area contributed by atoms with E-state index in [0.29, 0.717) is 36.5 Å². The predicted molar refractivity (Wildman–Crippen MR) is 88.6 cm³/mol. The third-order valence-corrected chi connectivity index (χ3v) is 6.25. The van der Waals surface area contributed by atoms with E-state index < -0.39 is 16.1 Å². The first-order chi connectivity index (χ1) is 10.3. The van der Waals surface area contributed by atoms with Crippen LogP contribution < -0.4 is 5.32 Å². The summed E-state index contributed by atoms with van der Waals surface area (Å²) in [4.78, 5) is 12.4. The number of sulfonamides is 1. The van der Waals surface area contributed by atoms with Crippen LogP contribution in [0.1, 0.15) is 31.7 Å². The molecule has 0 unspecified atom stereocenters. The Kier molecular flexibility index (Phi) is 5.47. The van der Waals surface area contributed by atoms with E-state index >= 15 is 0 Å². The van der Waals surface area contributed by atoms with Gasteiger partial charge in [0.25, 0.3) is 0 Å². The van der Waals surface area contributed by atoms with Crippen molar-refractivity contribution in [3.8, 4) is 0 Å². The number of hydrogen-bond acceptors (Lipinski definition) is 3. The van der Waals surface area contributed by atoms with E-state index in [2.05, 4.69) is 5.32 Å². The number of hydrogen-bond donors (Lipinski definition) is 1. The molecule has 0 saturated carbocycles. The molecule has 2 rings (SSSR count). The van der Waals surface area contributed by atoms with Crippen LogP contribution in [0, 0.1) is 6.92 Å². The molecule has 122 valence electrons. The minimum atomic E-state index is -3.36. The minimum Gasteiger partial charge on any atom is -0.325 e. The number of rotatable bonds is 5. The van der Waals surface area contributed by atoms with E-state index in [0.717, 1.165) is 5.56 Å². The van der Waals surface area contributed by atoms with Crippen molar-refractivity contribution in [1.82, 2.24) is 4.31 Å². The maximum absolute atomic E-state index is 12.4. The third kappa shape index (κ3) is 3.80. The minimum absolute atomic E-state index is 0.0765. The lowest BCUT2D eigenvalue weighted by Crippen LogP contribution is -2.44. The number of aryl methyl sites for hydroxylation is 1. The number of anilines is 1. The summed E-state index contributed by atoms with van der Waals surface area (Å²) >= 11 is 6.04. The van der Waals surface area contributed by atoms with Crippen LogP contribution in [0.5, 0.6) is 0 Å². The Morgan fingerprint density at radius 3 is 2.82 bits per heavy atom. The van der Waals surface area contributed by atoms with Gasteiger partial charge in [-0.25, -0.2) is 8.42 Å². The molecule has 0 radical (unpaired) electrons. The van der Waals surface area contributed by atoms with Crippen LogP contribution in [0.25, 0.3) is 0 Å². The Morgan fingerprint density at radius 2 is 2.18 bits per heavy atom. The molecule has 1 aliphatic heterocycles. The molecule has 1 N–H and O–H groups in total. The summed E-state index contributed by atoms with van der Waals surface area (Å²) in [6.07, 6.45) is 1.80. The first-order valence-electron chi connectivity index (χ1n) is 7.41. The maximum Gasteiger partial charge on any atom is 0.242 e. The summed E-state index contributed by atoms with van der Waals surface area (Å²) < 4.78 is 25.8. The summed E-state index contributed by atoms with van der Waals surface area (Å²) in [5.41, 5.74) is 1.51. The van der Waals surface area contributed by atoms with Gasteiger partial charge in [-0.15, -0.1) is 0 Å². The van der Waals surface area contributed by atoms with Gasteiger partial charge in [0.2, 0.25) is 15.9 Å². The van der Waals surface area contributed by atoms with Crippen LogP contribution in [-0.4, -0.2) is 37.0 Å². The summed E-state index contributed by atoms with van der Waals surface area (Å²) in [6, 6.07) is 4.63. The topological polar surface area (TPSA) is 66.5 Å². The summed E-state index contributed by atoms with van der Waals surface area (Å²) in [6.45, 7) is 4.11. The van der Waals surface area contributed by atoms with E-state index in [1.54, 1.807) is 12.1 Å². The van der Waals surface area contributed by atoms with Crippen LogP contribution in [0.3, 0.4) is 0 Å². The third-order valence-electron chi connectivity index (χ3n) is 3.77. The Hall–Kier alpha value is -1.11. The molecule has 1 heterocycles. The zero-order valence-electron chi connectivity index (χ0n) is 12.8. The molecule has 1 saturated heterocycles. The molecule has 0 aromatic heterocycles. The van der Waals surface area contributed by atoms with E-state index in [-0.39, 0.29) is 11.7 Å². The molecule has 1 aromatic carbocycles. The second kappa shape index (κ2) is 6.98. The standard InChI is InChI=1S/C15H21ClN2O3S/c1-3-9-22(20,21)18-8-4-5-14(18)15(19)17-12-7-6-11(2)13(16)10-12/h6-7,10,14H,3-5,8-9H2,1-2H3,(H,17,19)/t14-/m1/s1. The van der Waals surface area contributed by atoms with Crippen molar-refractivity contribution in [2.24, 2.45) is 0 Å². The molecular weight excluding hydrogens is 324 g/mol. The lowest BCUT2D eigenvalue weighted by atomic mass is 10.2. The van der Waals surface area contributed by atoms with E-state index in [9.17, 15) is 13.2 Å². The van der Waals surface area contributed by atoms with Gasteiger partial charge in [-0.1, -0.05) is 24.6 Å².